The number of aliphatic hydroxyl groups is 1. The average Bonchev–Trinajstić information content (AvgIpc) is 2.38. The lowest BCUT2D eigenvalue weighted by Crippen LogP contribution is -2.25. The maximum atomic E-state index is 10.2. The third kappa shape index (κ3) is 6.78. The molecule has 0 amide bonds. The summed E-state index contributed by atoms with van der Waals surface area (Å²) in [5, 5.41) is 10.2. The molecule has 1 N–H and O–H groups in total. The van der Waals surface area contributed by atoms with Gasteiger partial charge in [0.2, 0.25) is 0 Å². The van der Waals surface area contributed by atoms with Gasteiger partial charge < -0.3 is 5.11 Å². The Labute approximate surface area is 115 Å². The van der Waals surface area contributed by atoms with Crippen molar-refractivity contribution in [1.29, 1.82) is 0 Å². The largest absolute Gasteiger partial charge is 0.393 e. The van der Waals surface area contributed by atoms with Crippen molar-refractivity contribution in [3.8, 4) is 0 Å². The predicted molar refractivity (Wildman–Crippen MR) is 81.7 cm³/mol. The lowest BCUT2D eigenvalue weighted by atomic mass is 9.78. The van der Waals surface area contributed by atoms with Crippen molar-refractivity contribution in [2.75, 3.05) is 0 Å². The molecule has 0 aromatic rings. The molecule has 1 heteroatoms. The van der Waals surface area contributed by atoms with Crippen molar-refractivity contribution in [3.63, 3.8) is 0 Å². The second-order valence-electron chi connectivity index (χ2n) is 6.39. The quantitative estimate of drug-likeness (QED) is 0.710. The summed E-state index contributed by atoms with van der Waals surface area (Å²) >= 11 is 0. The molecule has 1 saturated carbocycles. The Morgan fingerprint density at radius 3 is 1.89 bits per heavy atom. The van der Waals surface area contributed by atoms with Gasteiger partial charge in [-0.05, 0) is 49.4 Å². The van der Waals surface area contributed by atoms with Gasteiger partial charge in [-0.2, -0.15) is 0 Å². The van der Waals surface area contributed by atoms with Crippen molar-refractivity contribution in [2.45, 2.75) is 86.2 Å². The van der Waals surface area contributed by atoms with Gasteiger partial charge in [-0.25, -0.2) is 0 Å². The SMILES string of the molecule is CC.CC1CCC(C(O)CCC(C)C(C)C)CC1. The van der Waals surface area contributed by atoms with Crippen molar-refractivity contribution in [3.05, 3.63) is 0 Å². The third-order valence-corrected chi connectivity index (χ3v) is 4.66. The zero-order valence-electron chi connectivity index (χ0n) is 13.6. The molecule has 0 heterocycles. The van der Waals surface area contributed by atoms with Gasteiger partial charge in [0, 0.05) is 0 Å². The molecule has 1 fully saturated rings. The van der Waals surface area contributed by atoms with Crippen LogP contribution in [0.25, 0.3) is 0 Å². The molecule has 1 rings (SSSR count). The lowest BCUT2D eigenvalue weighted by molar-refractivity contribution is 0.0620. The van der Waals surface area contributed by atoms with Gasteiger partial charge in [0.25, 0.3) is 0 Å². The standard InChI is InChI=1S/C15H30O.C2H6/c1-11(2)13(4)7-10-15(16)14-8-5-12(3)6-9-14;1-2/h11-16H,5-10H2,1-4H3;1-2H3. The van der Waals surface area contributed by atoms with E-state index >= 15 is 0 Å². The summed E-state index contributed by atoms with van der Waals surface area (Å²) in [6.07, 6.45) is 7.30. The molecular weight excluding hydrogens is 220 g/mol. The van der Waals surface area contributed by atoms with Crippen molar-refractivity contribution in [2.24, 2.45) is 23.7 Å². The molecular formula is C17H36O. The fourth-order valence-electron chi connectivity index (χ4n) is 2.67. The molecule has 0 bridgehead atoms. The molecule has 110 valence electrons. The molecule has 2 atom stereocenters. The minimum atomic E-state index is -0.0336. The Balaban J connectivity index is 0.00000137. The summed E-state index contributed by atoms with van der Waals surface area (Å²) in [7, 11) is 0. The van der Waals surface area contributed by atoms with Crippen LogP contribution >= 0.6 is 0 Å². The van der Waals surface area contributed by atoms with Gasteiger partial charge in [-0.15, -0.1) is 0 Å². The molecule has 2 unspecified atom stereocenters. The second-order valence-corrected chi connectivity index (χ2v) is 6.39. The van der Waals surface area contributed by atoms with Gasteiger partial charge >= 0.3 is 0 Å². The first-order chi connectivity index (χ1) is 8.50. The van der Waals surface area contributed by atoms with E-state index in [0.717, 1.165) is 24.2 Å². The molecule has 0 saturated heterocycles. The van der Waals surface area contributed by atoms with E-state index < -0.39 is 0 Å². The van der Waals surface area contributed by atoms with Crippen molar-refractivity contribution in [1.82, 2.24) is 0 Å². The normalized spacial score (nSPS) is 27.3. The van der Waals surface area contributed by atoms with Gasteiger partial charge in [0.1, 0.15) is 0 Å². The zero-order valence-corrected chi connectivity index (χ0v) is 13.6. The minimum absolute atomic E-state index is 0.0336. The fourth-order valence-corrected chi connectivity index (χ4v) is 2.67. The van der Waals surface area contributed by atoms with Crippen LogP contribution in [-0.4, -0.2) is 11.2 Å². The van der Waals surface area contributed by atoms with Gasteiger partial charge in [0.15, 0.2) is 0 Å². The molecule has 0 aliphatic heterocycles. The van der Waals surface area contributed by atoms with Crippen LogP contribution in [0.2, 0.25) is 0 Å². The number of hydrogen-bond donors (Lipinski definition) is 1. The summed E-state index contributed by atoms with van der Waals surface area (Å²) in [4.78, 5) is 0. The number of rotatable bonds is 5. The summed E-state index contributed by atoms with van der Waals surface area (Å²) < 4.78 is 0. The minimum Gasteiger partial charge on any atom is -0.393 e. The smallest absolute Gasteiger partial charge is 0.0568 e. The van der Waals surface area contributed by atoms with E-state index in [9.17, 15) is 5.11 Å². The number of hydrogen-bond acceptors (Lipinski definition) is 1. The van der Waals surface area contributed by atoms with Crippen LogP contribution in [0.3, 0.4) is 0 Å². The van der Waals surface area contributed by atoms with E-state index in [2.05, 4.69) is 27.7 Å². The van der Waals surface area contributed by atoms with Crippen molar-refractivity contribution >= 4 is 0 Å². The van der Waals surface area contributed by atoms with E-state index in [1.165, 1.54) is 32.1 Å². The van der Waals surface area contributed by atoms with E-state index in [0.29, 0.717) is 5.92 Å². The van der Waals surface area contributed by atoms with Crippen LogP contribution in [0, 0.1) is 23.7 Å². The highest BCUT2D eigenvalue weighted by atomic mass is 16.3. The molecule has 0 radical (unpaired) electrons. The Morgan fingerprint density at radius 1 is 0.944 bits per heavy atom. The molecule has 1 nitrogen and oxygen atoms in total. The third-order valence-electron chi connectivity index (χ3n) is 4.66. The highest BCUT2D eigenvalue weighted by molar-refractivity contribution is 4.76. The van der Waals surface area contributed by atoms with Crippen LogP contribution in [0.4, 0.5) is 0 Å². The van der Waals surface area contributed by atoms with Crippen LogP contribution in [-0.2, 0) is 0 Å². The summed E-state index contributed by atoms with van der Waals surface area (Å²) in [5.41, 5.74) is 0. The number of aliphatic hydroxyl groups excluding tert-OH is 1. The highest BCUT2D eigenvalue weighted by Crippen LogP contribution is 2.32. The van der Waals surface area contributed by atoms with E-state index in [4.69, 9.17) is 0 Å². The summed E-state index contributed by atoms with van der Waals surface area (Å²) in [6, 6.07) is 0. The van der Waals surface area contributed by atoms with Crippen molar-refractivity contribution < 1.29 is 5.11 Å². The van der Waals surface area contributed by atoms with E-state index in [1.54, 1.807) is 0 Å². The maximum absolute atomic E-state index is 10.2. The van der Waals surface area contributed by atoms with Gasteiger partial charge in [0.05, 0.1) is 6.10 Å². The average molecular weight is 256 g/mol. The molecule has 1 aliphatic rings. The predicted octanol–water partition coefficient (Wildman–Crippen LogP) is 5.27. The first-order valence-electron chi connectivity index (χ1n) is 8.18. The molecule has 0 spiro atoms. The summed E-state index contributed by atoms with van der Waals surface area (Å²) in [5.74, 6) is 2.98. The molecule has 1 aliphatic carbocycles. The van der Waals surface area contributed by atoms with Gasteiger partial charge in [-0.1, -0.05) is 54.4 Å². The molecule has 18 heavy (non-hydrogen) atoms. The van der Waals surface area contributed by atoms with Gasteiger partial charge in [-0.3, -0.25) is 0 Å². The van der Waals surface area contributed by atoms with Crippen LogP contribution in [0.15, 0.2) is 0 Å². The Bertz CT molecular complexity index is 180. The Morgan fingerprint density at radius 2 is 1.44 bits per heavy atom. The Hall–Kier alpha value is -0.0400. The topological polar surface area (TPSA) is 20.2 Å². The summed E-state index contributed by atoms with van der Waals surface area (Å²) in [6.45, 7) is 13.2. The monoisotopic (exact) mass is 256 g/mol. The molecule has 0 aromatic carbocycles. The van der Waals surface area contributed by atoms with Crippen LogP contribution < -0.4 is 0 Å². The van der Waals surface area contributed by atoms with E-state index in [1.807, 2.05) is 13.8 Å². The second kappa shape index (κ2) is 9.83. The first-order valence-corrected chi connectivity index (χ1v) is 8.18. The fraction of sp³-hybridized carbons (Fsp3) is 1.00. The van der Waals surface area contributed by atoms with Crippen LogP contribution in [0.1, 0.15) is 80.1 Å². The first kappa shape index (κ1) is 18.0. The Kier molecular flexibility index (Phi) is 9.81. The molecule has 0 aromatic heterocycles. The van der Waals surface area contributed by atoms with E-state index in [-0.39, 0.29) is 6.10 Å². The maximum Gasteiger partial charge on any atom is 0.0568 e. The zero-order chi connectivity index (χ0) is 14.1. The van der Waals surface area contributed by atoms with Crippen LogP contribution in [0.5, 0.6) is 0 Å². The lowest BCUT2D eigenvalue weighted by Gasteiger charge is -2.30. The highest BCUT2D eigenvalue weighted by Gasteiger charge is 2.24.